The summed E-state index contributed by atoms with van der Waals surface area (Å²) < 4.78 is 2.29. The molecule has 1 fully saturated rings. The quantitative estimate of drug-likeness (QED) is 0.844. The summed E-state index contributed by atoms with van der Waals surface area (Å²) in [6.45, 7) is 4.54. The van der Waals surface area contributed by atoms with E-state index in [4.69, 9.17) is 0 Å². The van der Waals surface area contributed by atoms with E-state index in [9.17, 15) is 0 Å². The van der Waals surface area contributed by atoms with Crippen LogP contribution in [0.4, 0.5) is 0 Å². The van der Waals surface area contributed by atoms with Crippen LogP contribution in [0.3, 0.4) is 0 Å². The molecular weight excluding hydrogens is 236 g/mol. The van der Waals surface area contributed by atoms with Gasteiger partial charge < -0.3 is 9.88 Å². The summed E-state index contributed by atoms with van der Waals surface area (Å²) in [4.78, 5) is 7.06. The number of rotatable bonds is 3. The fraction of sp³-hybridized carbons (Fsp3) is 0.800. The van der Waals surface area contributed by atoms with Crippen molar-refractivity contribution in [3.8, 4) is 0 Å². The molecule has 1 saturated carbocycles. The lowest BCUT2D eigenvalue weighted by molar-refractivity contribution is 0.162. The predicted molar refractivity (Wildman–Crippen MR) is 76.9 cm³/mol. The molecule has 1 aromatic rings. The first-order chi connectivity index (χ1) is 9.36. The van der Waals surface area contributed by atoms with Crippen LogP contribution in [-0.2, 0) is 13.1 Å². The smallest absolute Gasteiger partial charge is 0.122 e. The predicted octanol–water partition coefficient (Wildman–Crippen LogP) is 1.87. The molecule has 2 heterocycles. The Morgan fingerprint density at radius 1 is 1.26 bits per heavy atom. The van der Waals surface area contributed by atoms with Gasteiger partial charge in [-0.3, -0.25) is 4.90 Å². The number of hydrogen-bond donors (Lipinski definition) is 1. The number of nitrogens with zero attached hydrogens (tertiary/aromatic N) is 3. The zero-order chi connectivity index (χ0) is 13.1. The van der Waals surface area contributed by atoms with Gasteiger partial charge in [0.1, 0.15) is 5.82 Å². The van der Waals surface area contributed by atoms with Crippen LogP contribution in [0.25, 0.3) is 0 Å². The van der Waals surface area contributed by atoms with Crippen molar-refractivity contribution in [2.24, 2.45) is 5.92 Å². The molecule has 0 aromatic carbocycles. The molecule has 106 valence electrons. The molecular formula is C15H26N4. The van der Waals surface area contributed by atoms with Crippen molar-refractivity contribution in [2.75, 3.05) is 20.1 Å². The van der Waals surface area contributed by atoms with Gasteiger partial charge in [-0.2, -0.15) is 0 Å². The molecule has 1 aromatic heterocycles. The Morgan fingerprint density at radius 3 is 3.05 bits per heavy atom. The largest absolute Gasteiger partial charge is 0.333 e. The second-order valence-corrected chi connectivity index (χ2v) is 6.07. The first kappa shape index (κ1) is 13.1. The van der Waals surface area contributed by atoms with Crippen molar-refractivity contribution in [3.63, 3.8) is 0 Å². The van der Waals surface area contributed by atoms with E-state index in [1.807, 2.05) is 6.20 Å². The molecule has 0 saturated heterocycles. The lowest BCUT2D eigenvalue weighted by Gasteiger charge is -2.33. The third-order valence-corrected chi connectivity index (χ3v) is 4.85. The SMILES string of the molecule is CNC1CCCCCC1CN1CCn2ccnc2C1. The fourth-order valence-electron chi connectivity index (χ4n) is 3.69. The van der Waals surface area contributed by atoms with Crippen LogP contribution in [0.5, 0.6) is 0 Å². The Kier molecular flexibility index (Phi) is 4.18. The van der Waals surface area contributed by atoms with E-state index in [0.717, 1.165) is 19.0 Å². The minimum Gasteiger partial charge on any atom is -0.333 e. The number of aromatic nitrogens is 2. The van der Waals surface area contributed by atoms with Crippen LogP contribution in [0.15, 0.2) is 12.4 Å². The first-order valence-electron chi connectivity index (χ1n) is 7.76. The van der Waals surface area contributed by atoms with Crippen molar-refractivity contribution in [1.29, 1.82) is 0 Å². The van der Waals surface area contributed by atoms with Crippen LogP contribution in [0.2, 0.25) is 0 Å². The first-order valence-corrected chi connectivity index (χ1v) is 7.76. The maximum absolute atomic E-state index is 4.46. The van der Waals surface area contributed by atoms with Gasteiger partial charge in [-0.25, -0.2) is 4.98 Å². The molecule has 4 heteroatoms. The molecule has 0 amide bonds. The molecule has 0 spiro atoms. The molecule has 2 unspecified atom stereocenters. The minimum atomic E-state index is 0.712. The molecule has 0 bridgehead atoms. The second-order valence-electron chi connectivity index (χ2n) is 6.07. The normalized spacial score (nSPS) is 28.9. The second kappa shape index (κ2) is 6.06. The fourth-order valence-corrected chi connectivity index (χ4v) is 3.69. The summed E-state index contributed by atoms with van der Waals surface area (Å²) in [7, 11) is 2.13. The molecule has 4 nitrogen and oxygen atoms in total. The molecule has 3 rings (SSSR count). The van der Waals surface area contributed by atoms with E-state index in [0.29, 0.717) is 6.04 Å². The van der Waals surface area contributed by atoms with E-state index in [2.05, 4.69) is 33.0 Å². The van der Waals surface area contributed by atoms with Gasteiger partial charge in [0.05, 0.1) is 6.54 Å². The van der Waals surface area contributed by atoms with Crippen LogP contribution in [0, 0.1) is 5.92 Å². The standard InChI is InChI=1S/C15H26N4/c1-16-14-6-4-2-3-5-13(14)11-18-9-10-19-8-7-17-15(19)12-18/h7-8,13-14,16H,2-6,9-12H2,1H3. The van der Waals surface area contributed by atoms with Crippen molar-refractivity contribution in [2.45, 2.75) is 51.2 Å². The Hall–Kier alpha value is -0.870. The molecule has 1 aliphatic heterocycles. The van der Waals surface area contributed by atoms with E-state index in [-0.39, 0.29) is 0 Å². The zero-order valence-corrected chi connectivity index (χ0v) is 12.0. The molecule has 2 aliphatic rings. The van der Waals surface area contributed by atoms with Crippen LogP contribution < -0.4 is 5.32 Å². The zero-order valence-electron chi connectivity index (χ0n) is 12.0. The molecule has 2 atom stereocenters. The van der Waals surface area contributed by atoms with Crippen LogP contribution in [-0.4, -0.2) is 40.6 Å². The Labute approximate surface area is 116 Å². The molecule has 1 N–H and O–H groups in total. The van der Waals surface area contributed by atoms with Gasteiger partial charge in [-0.15, -0.1) is 0 Å². The van der Waals surface area contributed by atoms with Gasteiger partial charge in [0.25, 0.3) is 0 Å². The lowest BCUT2D eigenvalue weighted by Crippen LogP contribution is -2.43. The van der Waals surface area contributed by atoms with Crippen molar-refractivity contribution < 1.29 is 0 Å². The topological polar surface area (TPSA) is 33.1 Å². The van der Waals surface area contributed by atoms with Crippen LogP contribution in [0.1, 0.15) is 37.9 Å². The lowest BCUT2D eigenvalue weighted by atomic mass is 9.94. The highest BCUT2D eigenvalue weighted by atomic mass is 15.2. The van der Waals surface area contributed by atoms with Gasteiger partial charge in [-0.1, -0.05) is 19.3 Å². The van der Waals surface area contributed by atoms with Crippen LogP contribution >= 0.6 is 0 Å². The summed E-state index contributed by atoms with van der Waals surface area (Å²) in [5.74, 6) is 2.05. The van der Waals surface area contributed by atoms with Gasteiger partial charge in [0.2, 0.25) is 0 Å². The molecule has 0 radical (unpaired) electrons. The third-order valence-electron chi connectivity index (χ3n) is 4.85. The van der Waals surface area contributed by atoms with Gasteiger partial charge in [0, 0.05) is 38.1 Å². The average molecular weight is 262 g/mol. The van der Waals surface area contributed by atoms with Crippen molar-refractivity contribution in [3.05, 3.63) is 18.2 Å². The number of imidazole rings is 1. The van der Waals surface area contributed by atoms with E-state index >= 15 is 0 Å². The monoisotopic (exact) mass is 262 g/mol. The number of nitrogens with one attached hydrogen (secondary N) is 1. The van der Waals surface area contributed by atoms with Gasteiger partial charge in [0.15, 0.2) is 0 Å². The van der Waals surface area contributed by atoms with Crippen molar-refractivity contribution >= 4 is 0 Å². The van der Waals surface area contributed by atoms with E-state index in [1.165, 1.54) is 51.0 Å². The van der Waals surface area contributed by atoms with Crippen molar-refractivity contribution in [1.82, 2.24) is 19.8 Å². The van der Waals surface area contributed by atoms with Gasteiger partial charge >= 0.3 is 0 Å². The highest BCUT2D eigenvalue weighted by Gasteiger charge is 2.26. The minimum absolute atomic E-state index is 0.712. The van der Waals surface area contributed by atoms with Gasteiger partial charge in [-0.05, 0) is 25.8 Å². The summed E-state index contributed by atoms with van der Waals surface area (Å²) in [6, 6.07) is 0.712. The Morgan fingerprint density at radius 2 is 2.16 bits per heavy atom. The molecule has 1 aliphatic carbocycles. The molecule has 19 heavy (non-hydrogen) atoms. The summed E-state index contributed by atoms with van der Waals surface area (Å²) in [5.41, 5.74) is 0. The van der Waals surface area contributed by atoms with E-state index < -0.39 is 0 Å². The Bertz CT molecular complexity index is 401. The number of hydrogen-bond acceptors (Lipinski definition) is 3. The maximum atomic E-state index is 4.46. The maximum Gasteiger partial charge on any atom is 0.122 e. The Balaban J connectivity index is 1.61. The van der Waals surface area contributed by atoms with E-state index in [1.54, 1.807) is 0 Å². The summed E-state index contributed by atoms with van der Waals surface area (Å²) >= 11 is 0. The number of fused-ring (bicyclic) bond motifs is 1. The summed E-state index contributed by atoms with van der Waals surface area (Å²) in [5, 5.41) is 3.55. The summed E-state index contributed by atoms with van der Waals surface area (Å²) in [6.07, 6.45) is 11.0. The average Bonchev–Trinajstić information content (AvgIpc) is 2.78. The highest BCUT2D eigenvalue weighted by Crippen LogP contribution is 2.25. The highest BCUT2D eigenvalue weighted by molar-refractivity contribution is 4.96. The third kappa shape index (κ3) is 3.00.